The Hall–Kier alpha value is -2.92. The molecule has 3 aliphatic rings. The van der Waals surface area contributed by atoms with Gasteiger partial charge in [0.2, 0.25) is 0 Å². The number of nitrogens with zero attached hydrogens (tertiary/aromatic N) is 1. The third-order valence-electron chi connectivity index (χ3n) is 7.48. The van der Waals surface area contributed by atoms with Gasteiger partial charge in [0.1, 0.15) is 41.5 Å². The quantitative estimate of drug-likeness (QED) is 0.462. The smallest absolute Gasteiger partial charge is 0.414 e. The first-order valence-electron chi connectivity index (χ1n) is 13.4. The van der Waals surface area contributed by atoms with Crippen LogP contribution in [-0.4, -0.2) is 76.4 Å². The number of alkyl halides is 1. The molecule has 1 fully saturated rings. The van der Waals surface area contributed by atoms with Gasteiger partial charge in [0.15, 0.2) is 6.17 Å². The zero-order valence-electron chi connectivity index (χ0n) is 22.4. The maximum atomic E-state index is 14.4. The number of aryl methyl sites for hydroxylation is 1. The van der Waals surface area contributed by atoms with E-state index in [4.69, 9.17) is 14.2 Å². The van der Waals surface area contributed by atoms with Crippen molar-refractivity contribution in [2.75, 3.05) is 24.7 Å². The van der Waals surface area contributed by atoms with Crippen LogP contribution in [0.2, 0.25) is 0 Å². The molecule has 0 aromatic heterocycles. The number of aromatic hydroxyl groups is 1. The highest BCUT2D eigenvalue weighted by atomic mass is 19.1. The van der Waals surface area contributed by atoms with E-state index in [1.165, 1.54) is 0 Å². The average molecular weight is 546 g/mol. The van der Waals surface area contributed by atoms with E-state index in [0.29, 0.717) is 42.9 Å². The zero-order chi connectivity index (χ0) is 28.1. The van der Waals surface area contributed by atoms with E-state index in [9.17, 15) is 29.6 Å². The second-order valence-corrected chi connectivity index (χ2v) is 11.5. The number of rotatable bonds is 4. The van der Waals surface area contributed by atoms with Gasteiger partial charge in [-0.05, 0) is 62.4 Å². The summed E-state index contributed by atoms with van der Waals surface area (Å²) in [6, 6.07) is 7.58. The van der Waals surface area contributed by atoms with Gasteiger partial charge in [-0.1, -0.05) is 12.1 Å². The first kappa shape index (κ1) is 27.6. The SMILES string of the molecule is CC(C)(C)OC(=O)N1CCCc2ccc(Cc3cc([C@@H]4O[C@H](CO)[C@@H](F)[C@H](O)[C@H]4O)c(O)c4c3OCC4)cc21. The summed E-state index contributed by atoms with van der Waals surface area (Å²) >= 11 is 0. The minimum atomic E-state index is -1.97. The third kappa shape index (κ3) is 5.30. The van der Waals surface area contributed by atoms with Crippen molar-refractivity contribution in [1.29, 1.82) is 0 Å². The maximum absolute atomic E-state index is 14.4. The zero-order valence-corrected chi connectivity index (χ0v) is 22.4. The molecule has 5 rings (SSSR count). The Labute approximate surface area is 226 Å². The Kier molecular flexibility index (Phi) is 7.49. The molecule has 0 radical (unpaired) electrons. The molecule has 5 atom stereocenters. The Morgan fingerprint density at radius 1 is 1.18 bits per heavy atom. The number of ether oxygens (including phenoxy) is 3. The Bertz CT molecular complexity index is 1240. The highest BCUT2D eigenvalue weighted by molar-refractivity contribution is 5.89. The summed E-state index contributed by atoms with van der Waals surface area (Å²) in [6.07, 6.45) is -5.91. The van der Waals surface area contributed by atoms with E-state index in [-0.39, 0.29) is 11.3 Å². The number of carbonyl (C=O) groups is 1. The van der Waals surface area contributed by atoms with Crippen LogP contribution in [0.5, 0.6) is 11.5 Å². The normalized spacial score (nSPS) is 26.5. The van der Waals surface area contributed by atoms with Crippen LogP contribution in [0.3, 0.4) is 0 Å². The molecule has 0 saturated carbocycles. The lowest BCUT2D eigenvalue weighted by atomic mass is 9.88. The fourth-order valence-corrected chi connectivity index (χ4v) is 5.60. The number of fused-ring (bicyclic) bond motifs is 2. The number of carbonyl (C=O) groups excluding carboxylic acids is 1. The summed E-state index contributed by atoms with van der Waals surface area (Å²) in [6.45, 7) is 5.71. The minimum absolute atomic E-state index is 0.141. The summed E-state index contributed by atoms with van der Waals surface area (Å²) < 4.78 is 31.5. The molecule has 9 nitrogen and oxygen atoms in total. The Morgan fingerprint density at radius 2 is 1.95 bits per heavy atom. The number of aliphatic hydroxyl groups excluding tert-OH is 3. The number of hydrogen-bond acceptors (Lipinski definition) is 8. The standard InChI is InChI=1S/C29H36FNO8/c1-29(2,3)39-28(36)31-9-4-5-16-7-6-15(12-20(16)31)11-17-13-19(23(33)18-8-10-37-26(17)18)27-25(35)24(34)22(30)21(14-32)38-27/h6-7,12-13,21-22,24-25,27,32-35H,4-5,8-11,14H2,1-3H3/t21-,22-,24+,25-,27+/m1/s1. The molecular formula is C29H36FNO8. The van der Waals surface area contributed by atoms with Gasteiger partial charge in [-0.2, -0.15) is 0 Å². The number of hydrogen-bond donors (Lipinski definition) is 4. The monoisotopic (exact) mass is 545 g/mol. The van der Waals surface area contributed by atoms with Crippen molar-refractivity contribution in [2.24, 2.45) is 0 Å². The largest absolute Gasteiger partial charge is 0.507 e. The fraction of sp³-hybridized carbons (Fsp3) is 0.552. The number of phenolic OH excluding ortho intramolecular Hbond substituents is 1. The second-order valence-electron chi connectivity index (χ2n) is 11.5. The molecule has 2 aromatic rings. The van der Waals surface area contributed by atoms with Crippen molar-refractivity contribution >= 4 is 11.8 Å². The van der Waals surface area contributed by atoms with Crippen molar-refractivity contribution < 1.29 is 43.8 Å². The molecule has 4 N–H and O–H groups in total. The van der Waals surface area contributed by atoms with Crippen LogP contribution < -0.4 is 9.64 Å². The predicted octanol–water partition coefficient (Wildman–Crippen LogP) is 3.10. The lowest BCUT2D eigenvalue weighted by molar-refractivity contribution is -0.214. The summed E-state index contributed by atoms with van der Waals surface area (Å²) in [5.41, 5.74) is 3.56. The van der Waals surface area contributed by atoms with Crippen LogP contribution in [0, 0.1) is 0 Å². The van der Waals surface area contributed by atoms with E-state index in [1.54, 1.807) is 11.0 Å². The lowest BCUT2D eigenvalue weighted by Crippen LogP contribution is -2.53. The van der Waals surface area contributed by atoms with Gasteiger partial charge in [0.05, 0.1) is 18.9 Å². The van der Waals surface area contributed by atoms with Gasteiger partial charge in [-0.25, -0.2) is 9.18 Å². The van der Waals surface area contributed by atoms with Crippen LogP contribution in [0.4, 0.5) is 14.9 Å². The summed E-state index contributed by atoms with van der Waals surface area (Å²) in [4.78, 5) is 14.6. The van der Waals surface area contributed by atoms with Crippen molar-refractivity contribution in [3.8, 4) is 11.5 Å². The van der Waals surface area contributed by atoms with Gasteiger partial charge >= 0.3 is 6.09 Å². The molecule has 0 bridgehead atoms. The first-order valence-corrected chi connectivity index (χ1v) is 13.4. The lowest BCUT2D eigenvalue weighted by Gasteiger charge is -2.39. The van der Waals surface area contributed by atoms with Crippen LogP contribution in [0.15, 0.2) is 24.3 Å². The predicted molar refractivity (Wildman–Crippen MR) is 140 cm³/mol. The molecule has 39 heavy (non-hydrogen) atoms. The van der Waals surface area contributed by atoms with Gasteiger partial charge in [0.25, 0.3) is 0 Å². The van der Waals surface area contributed by atoms with E-state index >= 15 is 0 Å². The molecular weight excluding hydrogens is 509 g/mol. The summed E-state index contributed by atoms with van der Waals surface area (Å²) in [7, 11) is 0. The number of anilines is 1. The fourth-order valence-electron chi connectivity index (χ4n) is 5.60. The number of phenols is 1. The van der Waals surface area contributed by atoms with Crippen LogP contribution in [0.1, 0.15) is 61.1 Å². The van der Waals surface area contributed by atoms with Crippen LogP contribution >= 0.6 is 0 Å². The topological polar surface area (TPSA) is 129 Å². The third-order valence-corrected chi connectivity index (χ3v) is 7.48. The average Bonchev–Trinajstić information content (AvgIpc) is 3.39. The van der Waals surface area contributed by atoms with E-state index in [2.05, 4.69) is 0 Å². The van der Waals surface area contributed by atoms with Gasteiger partial charge < -0.3 is 34.6 Å². The number of benzene rings is 2. The Balaban J connectivity index is 1.49. The molecule has 1 saturated heterocycles. The molecule has 0 unspecified atom stereocenters. The highest BCUT2D eigenvalue weighted by Crippen LogP contribution is 2.46. The molecule has 3 heterocycles. The van der Waals surface area contributed by atoms with Crippen molar-refractivity contribution in [1.82, 2.24) is 0 Å². The van der Waals surface area contributed by atoms with Gasteiger partial charge in [-0.15, -0.1) is 0 Å². The molecule has 2 aromatic carbocycles. The molecule has 10 heteroatoms. The number of aliphatic hydroxyl groups is 3. The summed E-state index contributed by atoms with van der Waals surface area (Å²) in [5, 5.41) is 41.5. The number of halogens is 1. The second kappa shape index (κ2) is 10.6. The highest BCUT2D eigenvalue weighted by Gasteiger charge is 2.46. The van der Waals surface area contributed by atoms with Gasteiger partial charge in [0, 0.05) is 30.5 Å². The van der Waals surface area contributed by atoms with E-state index in [0.717, 1.165) is 29.7 Å². The molecule has 0 spiro atoms. The van der Waals surface area contributed by atoms with Crippen molar-refractivity contribution in [3.05, 3.63) is 52.1 Å². The van der Waals surface area contributed by atoms with Crippen molar-refractivity contribution in [2.45, 2.75) is 82.6 Å². The van der Waals surface area contributed by atoms with Crippen LogP contribution in [-0.2, 0) is 28.7 Å². The molecule has 0 aliphatic carbocycles. The molecule has 212 valence electrons. The first-order chi connectivity index (χ1) is 18.5. The maximum Gasteiger partial charge on any atom is 0.414 e. The number of amides is 1. The molecule has 3 aliphatic heterocycles. The van der Waals surface area contributed by atoms with E-state index in [1.807, 2.05) is 39.0 Å². The summed E-state index contributed by atoms with van der Waals surface area (Å²) in [5.74, 6) is 0.393. The Morgan fingerprint density at radius 3 is 2.67 bits per heavy atom. The minimum Gasteiger partial charge on any atom is -0.507 e. The molecule has 1 amide bonds. The van der Waals surface area contributed by atoms with Crippen molar-refractivity contribution in [3.63, 3.8) is 0 Å². The van der Waals surface area contributed by atoms with E-state index < -0.39 is 48.9 Å². The van der Waals surface area contributed by atoms with Gasteiger partial charge in [-0.3, -0.25) is 4.90 Å². The van der Waals surface area contributed by atoms with Crippen LogP contribution in [0.25, 0.3) is 0 Å².